The molecule has 0 aliphatic carbocycles. The van der Waals surface area contributed by atoms with Crippen LogP contribution in [0.15, 0.2) is 23.1 Å². The average Bonchev–Trinajstić information content (AvgIpc) is 2.60. The van der Waals surface area contributed by atoms with Gasteiger partial charge in [-0.1, -0.05) is 0 Å². The predicted octanol–water partition coefficient (Wildman–Crippen LogP) is -1.30. The summed E-state index contributed by atoms with van der Waals surface area (Å²) in [6.45, 7) is 2.41. The number of carbonyl (C=O) groups is 2. The first-order chi connectivity index (χ1) is 12.2. The molecule has 8 nitrogen and oxygen atoms in total. The second kappa shape index (κ2) is 8.06. The van der Waals surface area contributed by atoms with E-state index in [1.54, 1.807) is 6.92 Å². The standard InChI is InChI=1S/C15H20F2N4O4S/c1-10(14(22)19-15(23)18-2)20-5-7-21(8-6-20)26(24,25)13-4-3-11(16)9-12(13)17/h3-4,9-10H,5-8H2,1-2H3,(H2,18,19,22,23)/p+1/t10-/m0/s1. The van der Waals surface area contributed by atoms with Crippen LogP contribution >= 0.6 is 0 Å². The Bertz CT molecular complexity index is 795. The Morgan fingerprint density at radius 2 is 1.85 bits per heavy atom. The molecular weight excluding hydrogens is 370 g/mol. The van der Waals surface area contributed by atoms with E-state index in [4.69, 9.17) is 0 Å². The maximum absolute atomic E-state index is 13.8. The number of imide groups is 1. The smallest absolute Gasteiger partial charge is 0.321 e. The second-order valence-electron chi connectivity index (χ2n) is 5.93. The van der Waals surface area contributed by atoms with E-state index in [-0.39, 0.29) is 13.1 Å². The predicted molar refractivity (Wildman–Crippen MR) is 87.9 cm³/mol. The van der Waals surface area contributed by atoms with Crippen molar-refractivity contribution in [2.45, 2.75) is 17.9 Å². The van der Waals surface area contributed by atoms with Crippen molar-refractivity contribution in [2.24, 2.45) is 0 Å². The van der Waals surface area contributed by atoms with Crippen LogP contribution in [0.2, 0.25) is 0 Å². The van der Waals surface area contributed by atoms with Gasteiger partial charge < -0.3 is 10.2 Å². The fourth-order valence-electron chi connectivity index (χ4n) is 2.74. The summed E-state index contributed by atoms with van der Waals surface area (Å²) in [5.41, 5.74) is 0. The summed E-state index contributed by atoms with van der Waals surface area (Å²) in [6, 6.07) is 1.15. The topological polar surface area (TPSA) is 100 Å². The highest BCUT2D eigenvalue weighted by Gasteiger charge is 2.35. The van der Waals surface area contributed by atoms with Crippen molar-refractivity contribution >= 4 is 22.0 Å². The molecule has 0 unspecified atom stereocenters. The fourth-order valence-corrected chi connectivity index (χ4v) is 4.23. The van der Waals surface area contributed by atoms with Gasteiger partial charge in [0.15, 0.2) is 6.04 Å². The number of benzene rings is 1. The Hall–Kier alpha value is -2.11. The molecule has 1 fully saturated rings. The molecule has 26 heavy (non-hydrogen) atoms. The van der Waals surface area contributed by atoms with Crippen LogP contribution in [-0.2, 0) is 14.8 Å². The molecular formula is C15H21F2N4O4S+. The molecule has 3 N–H and O–H groups in total. The van der Waals surface area contributed by atoms with Crippen LogP contribution in [0.1, 0.15) is 6.92 Å². The fraction of sp³-hybridized carbons (Fsp3) is 0.467. The van der Waals surface area contributed by atoms with Crippen molar-refractivity contribution in [2.75, 3.05) is 33.2 Å². The number of nitrogens with zero attached hydrogens (tertiary/aromatic N) is 1. The lowest BCUT2D eigenvalue weighted by Gasteiger charge is -2.34. The zero-order valence-electron chi connectivity index (χ0n) is 14.4. The van der Waals surface area contributed by atoms with Gasteiger partial charge >= 0.3 is 6.03 Å². The summed E-state index contributed by atoms with van der Waals surface area (Å²) < 4.78 is 53.0. The molecule has 1 heterocycles. The molecule has 2 rings (SSSR count). The van der Waals surface area contributed by atoms with Crippen LogP contribution in [0.25, 0.3) is 0 Å². The molecule has 1 aliphatic heterocycles. The van der Waals surface area contributed by atoms with Crippen molar-refractivity contribution in [1.29, 1.82) is 0 Å². The van der Waals surface area contributed by atoms with E-state index in [9.17, 15) is 26.8 Å². The highest BCUT2D eigenvalue weighted by Crippen LogP contribution is 2.20. The highest BCUT2D eigenvalue weighted by molar-refractivity contribution is 7.89. The van der Waals surface area contributed by atoms with Crippen LogP contribution in [0.3, 0.4) is 0 Å². The number of piperazine rings is 1. The summed E-state index contributed by atoms with van der Waals surface area (Å²) in [4.78, 5) is 23.4. The maximum Gasteiger partial charge on any atom is 0.321 e. The number of rotatable bonds is 4. The van der Waals surface area contributed by atoms with E-state index < -0.39 is 44.5 Å². The van der Waals surface area contributed by atoms with Crippen molar-refractivity contribution in [3.05, 3.63) is 29.8 Å². The van der Waals surface area contributed by atoms with Crippen molar-refractivity contribution in [1.82, 2.24) is 14.9 Å². The number of quaternary nitrogens is 1. The SMILES string of the molecule is CNC(=O)NC(=O)[C@H](C)[NH+]1CCN(S(=O)(=O)c2ccc(F)cc2F)CC1. The number of sulfonamides is 1. The lowest BCUT2D eigenvalue weighted by molar-refractivity contribution is -0.917. The van der Waals surface area contributed by atoms with E-state index >= 15 is 0 Å². The Kier molecular flexibility index (Phi) is 6.26. The van der Waals surface area contributed by atoms with Gasteiger partial charge in [0.2, 0.25) is 10.0 Å². The number of hydrogen-bond donors (Lipinski definition) is 3. The Morgan fingerprint density at radius 3 is 2.38 bits per heavy atom. The molecule has 0 bridgehead atoms. The normalized spacial score (nSPS) is 17.5. The molecule has 1 aromatic rings. The molecule has 0 radical (unpaired) electrons. The first kappa shape index (κ1) is 20.2. The maximum atomic E-state index is 13.8. The summed E-state index contributed by atoms with van der Waals surface area (Å²) >= 11 is 0. The minimum Gasteiger partial charge on any atom is -0.341 e. The minimum atomic E-state index is -4.09. The Morgan fingerprint density at radius 1 is 1.23 bits per heavy atom. The second-order valence-corrected chi connectivity index (χ2v) is 7.83. The molecule has 144 valence electrons. The van der Waals surface area contributed by atoms with Crippen LogP contribution in [0, 0.1) is 11.6 Å². The van der Waals surface area contributed by atoms with Crippen LogP contribution in [0.4, 0.5) is 13.6 Å². The van der Waals surface area contributed by atoms with Gasteiger partial charge in [0.25, 0.3) is 5.91 Å². The zero-order valence-corrected chi connectivity index (χ0v) is 15.2. The summed E-state index contributed by atoms with van der Waals surface area (Å²) in [7, 11) is -2.70. The molecule has 0 aromatic heterocycles. The van der Waals surface area contributed by atoms with Crippen molar-refractivity contribution in [3.63, 3.8) is 0 Å². The first-order valence-electron chi connectivity index (χ1n) is 7.99. The lowest BCUT2D eigenvalue weighted by Crippen LogP contribution is -3.19. The van der Waals surface area contributed by atoms with Gasteiger partial charge in [0.05, 0.1) is 26.2 Å². The van der Waals surface area contributed by atoms with E-state index in [1.807, 2.05) is 0 Å². The average molecular weight is 391 g/mol. The number of nitrogens with one attached hydrogen (secondary N) is 3. The zero-order chi connectivity index (χ0) is 19.5. The third-order valence-corrected chi connectivity index (χ3v) is 6.28. The van der Waals surface area contributed by atoms with E-state index in [0.29, 0.717) is 19.2 Å². The van der Waals surface area contributed by atoms with Crippen molar-refractivity contribution in [3.8, 4) is 0 Å². The molecule has 1 atom stereocenters. The van der Waals surface area contributed by atoms with Gasteiger partial charge in [-0.2, -0.15) is 4.31 Å². The van der Waals surface area contributed by atoms with Gasteiger partial charge in [-0.15, -0.1) is 0 Å². The van der Waals surface area contributed by atoms with Crippen LogP contribution in [0.5, 0.6) is 0 Å². The number of carbonyl (C=O) groups excluding carboxylic acids is 2. The van der Waals surface area contributed by atoms with E-state index in [0.717, 1.165) is 21.3 Å². The molecule has 3 amide bonds. The van der Waals surface area contributed by atoms with Gasteiger partial charge in [0.1, 0.15) is 16.5 Å². The molecule has 0 saturated carbocycles. The number of hydrogen-bond acceptors (Lipinski definition) is 4. The molecule has 1 aliphatic rings. The van der Waals surface area contributed by atoms with E-state index in [1.165, 1.54) is 7.05 Å². The summed E-state index contributed by atoms with van der Waals surface area (Å²) in [6.07, 6.45) is 0. The van der Waals surface area contributed by atoms with Gasteiger partial charge in [0, 0.05) is 13.1 Å². The lowest BCUT2D eigenvalue weighted by atomic mass is 10.2. The quantitative estimate of drug-likeness (QED) is 0.594. The minimum absolute atomic E-state index is 0.0755. The van der Waals surface area contributed by atoms with Gasteiger partial charge in [-0.3, -0.25) is 10.1 Å². The molecule has 1 aromatic carbocycles. The monoisotopic (exact) mass is 391 g/mol. The molecule has 1 saturated heterocycles. The van der Waals surface area contributed by atoms with Crippen LogP contribution in [-0.4, -0.2) is 63.9 Å². The third-order valence-electron chi connectivity index (χ3n) is 4.35. The third kappa shape index (κ3) is 4.34. The Labute approximate surface area is 150 Å². The largest absolute Gasteiger partial charge is 0.341 e. The summed E-state index contributed by atoms with van der Waals surface area (Å²) in [5, 5.41) is 4.46. The van der Waals surface area contributed by atoms with Gasteiger partial charge in [-0.05, 0) is 19.1 Å². The number of halogens is 2. The highest BCUT2D eigenvalue weighted by atomic mass is 32.2. The molecule has 0 spiro atoms. The Balaban J connectivity index is 2.03. The van der Waals surface area contributed by atoms with Crippen molar-refractivity contribution < 1.29 is 31.7 Å². The number of amides is 3. The first-order valence-corrected chi connectivity index (χ1v) is 9.43. The van der Waals surface area contributed by atoms with Gasteiger partial charge in [-0.25, -0.2) is 22.0 Å². The molecule has 11 heteroatoms. The number of urea groups is 1. The van der Waals surface area contributed by atoms with E-state index in [2.05, 4.69) is 10.6 Å². The van der Waals surface area contributed by atoms with Crippen LogP contribution < -0.4 is 15.5 Å². The summed E-state index contributed by atoms with van der Waals surface area (Å²) in [5.74, 6) is -2.47.